The summed E-state index contributed by atoms with van der Waals surface area (Å²) in [6.07, 6.45) is 4.17. The number of aromatic nitrogens is 1. The number of ether oxygens (including phenoxy) is 3. The zero-order chi connectivity index (χ0) is 21.5. The van der Waals surface area contributed by atoms with Crippen LogP contribution < -0.4 is 29.9 Å². The summed E-state index contributed by atoms with van der Waals surface area (Å²) in [5.74, 6) is 1.80. The predicted octanol–water partition coefficient (Wildman–Crippen LogP) is 1.60. The molecule has 1 aliphatic rings. The Morgan fingerprint density at radius 1 is 1.03 bits per heavy atom. The molecule has 2 aromatic rings. The number of hydrogen-bond donors (Lipinski definition) is 1. The van der Waals surface area contributed by atoms with Crippen molar-refractivity contribution in [2.45, 2.75) is 0 Å². The van der Waals surface area contributed by atoms with Gasteiger partial charge in [-0.1, -0.05) is 0 Å². The van der Waals surface area contributed by atoms with Crippen molar-refractivity contribution in [1.29, 1.82) is 0 Å². The molecule has 1 aromatic heterocycles. The van der Waals surface area contributed by atoms with Gasteiger partial charge in [-0.05, 0) is 18.2 Å². The fraction of sp³-hybridized carbons (Fsp3) is 0.364. The van der Waals surface area contributed by atoms with Gasteiger partial charge in [0.25, 0.3) is 0 Å². The molecular formula is C22H28N4O4. The van der Waals surface area contributed by atoms with Crippen molar-refractivity contribution in [2.75, 3.05) is 52.4 Å². The number of methoxy groups -OCH3 is 3. The fourth-order valence-electron chi connectivity index (χ4n) is 3.42. The quantitative estimate of drug-likeness (QED) is 0.550. The number of allylic oxidation sites excluding steroid dienone is 1. The number of piperazine rings is 1. The van der Waals surface area contributed by atoms with Crippen molar-refractivity contribution in [3.63, 3.8) is 0 Å². The zero-order valence-electron chi connectivity index (χ0n) is 17.8. The number of carbonyl (C=O) groups is 1. The zero-order valence-corrected chi connectivity index (χ0v) is 17.8. The lowest BCUT2D eigenvalue weighted by molar-refractivity contribution is -0.104. The molecule has 160 valence electrons. The second-order valence-corrected chi connectivity index (χ2v) is 6.81. The van der Waals surface area contributed by atoms with Crippen LogP contribution in [-0.2, 0) is 11.8 Å². The van der Waals surface area contributed by atoms with E-state index in [9.17, 15) is 4.79 Å². The molecule has 0 amide bonds. The smallest absolute Gasteiger partial charge is 0.175 e. The second-order valence-electron chi connectivity index (χ2n) is 6.81. The van der Waals surface area contributed by atoms with Gasteiger partial charge in [0.1, 0.15) is 6.29 Å². The Hall–Kier alpha value is -3.26. The summed E-state index contributed by atoms with van der Waals surface area (Å²) in [6.45, 7) is 3.76. The van der Waals surface area contributed by atoms with Gasteiger partial charge in [-0.15, -0.1) is 0 Å². The maximum absolute atomic E-state index is 11.3. The minimum absolute atomic E-state index is 0.495. The van der Waals surface area contributed by atoms with E-state index < -0.39 is 0 Å². The van der Waals surface area contributed by atoms with Crippen LogP contribution in [0.25, 0.3) is 5.70 Å². The second kappa shape index (κ2) is 9.98. The Morgan fingerprint density at radius 3 is 2.37 bits per heavy atom. The van der Waals surface area contributed by atoms with E-state index >= 15 is 0 Å². The SMILES string of the molecule is COc1ccc(C(=C/C=O)/N=c2/c(OC)cc(N3CCNCC3)cn2C)cc1OC. The van der Waals surface area contributed by atoms with E-state index in [0.29, 0.717) is 28.4 Å². The van der Waals surface area contributed by atoms with Crippen molar-refractivity contribution >= 4 is 17.7 Å². The van der Waals surface area contributed by atoms with Crippen molar-refractivity contribution in [3.05, 3.63) is 47.6 Å². The first kappa shape index (κ1) is 21.4. The van der Waals surface area contributed by atoms with Crippen LogP contribution in [0.1, 0.15) is 5.56 Å². The number of benzene rings is 1. The maximum Gasteiger partial charge on any atom is 0.175 e. The molecule has 1 N–H and O–H groups in total. The van der Waals surface area contributed by atoms with E-state index in [1.807, 2.05) is 29.9 Å². The Bertz CT molecular complexity index is 991. The number of aryl methyl sites for hydroxylation is 1. The van der Waals surface area contributed by atoms with Crippen LogP contribution in [0, 0.1) is 0 Å². The van der Waals surface area contributed by atoms with Gasteiger partial charge in [0.2, 0.25) is 0 Å². The van der Waals surface area contributed by atoms with Gasteiger partial charge in [0.15, 0.2) is 22.7 Å². The lowest BCUT2D eigenvalue weighted by atomic mass is 10.1. The summed E-state index contributed by atoms with van der Waals surface area (Å²) < 4.78 is 18.2. The van der Waals surface area contributed by atoms with Crippen molar-refractivity contribution in [3.8, 4) is 17.2 Å². The molecule has 0 saturated carbocycles. The van der Waals surface area contributed by atoms with Crippen LogP contribution in [-0.4, -0.2) is 58.4 Å². The van der Waals surface area contributed by atoms with Gasteiger partial charge in [-0.25, -0.2) is 4.99 Å². The van der Waals surface area contributed by atoms with E-state index in [1.54, 1.807) is 33.5 Å². The number of rotatable bonds is 7. The molecule has 1 fully saturated rings. The highest BCUT2D eigenvalue weighted by Crippen LogP contribution is 2.30. The van der Waals surface area contributed by atoms with Gasteiger partial charge in [-0.3, -0.25) is 4.79 Å². The number of nitrogens with zero attached hydrogens (tertiary/aromatic N) is 3. The first-order valence-corrected chi connectivity index (χ1v) is 9.74. The molecule has 8 nitrogen and oxygen atoms in total. The average Bonchev–Trinajstić information content (AvgIpc) is 2.79. The molecule has 0 unspecified atom stereocenters. The number of anilines is 1. The highest BCUT2D eigenvalue weighted by Gasteiger charge is 2.14. The summed E-state index contributed by atoms with van der Waals surface area (Å²) in [6, 6.07) is 7.39. The van der Waals surface area contributed by atoms with E-state index in [4.69, 9.17) is 19.2 Å². The Morgan fingerprint density at radius 2 is 1.73 bits per heavy atom. The van der Waals surface area contributed by atoms with Crippen LogP contribution in [0.2, 0.25) is 0 Å². The third-order valence-electron chi connectivity index (χ3n) is 4.99. The maximum atomic E-state index is 11.3. The van der Waals surface area contributed by atoms with Crippen molar-refractivity contribution in [2.24, 2.45) is 12.0 Å². The highest BCUT2D eigenvalue weighted by molar-refractivity contribution is 5.81. The molecule has 8 heteroatoms. The summed E-state index contributed by atoms with van der Waals surface area (Å²) >= 11 is 0. The largest absolute Gasteiger partial charge is 0.493 e. The molecule has 1 saturated heterocycles. The normalized spacial score (nSPS) is 15.1. The first-order valence-electron chi connectivity index (χ1n) is 9.74. The third-order valence-corrected chi connectivity index (χ3v) is 4.99. The van der Waals surface area contributed by atoms with Gasteiger partial charge in [0.05, 0.1) is 32.7 Å². The minimum Gasteiger partial charge on any atom is -0.493 e. The summed E-state index contributed by atoms with van der Waals surface area (Å²) in [7, 11) is 6.68. The molecule has 0 spiro atoms. The topological polar surface area (TPSA) is 77.3 Å². The van der Waals surface area contributed by atoms with Crippen LogP contribution in [0.4, 0.5) is 5.69 Å². The van der Waals surface area contributed by atoms with E-state index in [-0.39, 0.29) is 0 Å². The Labute approximate surface area is 176 Å². The van der Waals surface area contributed by atoms with E-state index in [1.165, 1.54) is 6.08 Å². The van der Waals surface area contributed by atoms with Crippen molar-refractivity contribution in [1.82, 2.24) is 9.88 Å². The molecule has 0 radical (unpaired) electrons. The van der Waals surface area contributed by atoms with Crippen LogP contribution in [0.5, 0.6) is 17.2 Å². The molecule has 0 aliphatic carbocycles. The molecule has 1 aromatic carbocycles. The van der Waals surface area contributed by atoms with Crippen LogP contribution in [0.3, 0.4) is 0 Å². The third kappa shape index (κ3) is 4.65. The molecule has 0 bridgehead atoms. The average molecular weight is 412 g/mol. The van der Waals surface area contributed by atoms with E-state index in [0.717, 1.165) is 43.7 Å². The number of pyridine rings is 1. The number of aldehydes is 1. The van der Waals surface area contributed by atoms with Gasteiger partial charge in [0, 0.05) is 57.1 Å². The summed E-state index contributed by atoms with van der Waals surface area (Å²) in [5.41, 5.74) is 2.91. The van der Waals surface area contributed by atoms with Gasteiger partial charge in [-0.2, -0.15) is 0 Å². The van der Waals surface area contributed by atoms with Gasteiger partial charge >= 0.3 is 0 Å². The molecule has 1 aliphatic heterocycles. The Balaban J connectivity index is 2.08. The molecule has 0 atom stereocenters. The summed E-state index contributed by atoms with van der Waals surface area (Å²) in [5, 5.41) is 3.36. The highest BCUT2D eigenvalue weighted by atomic mass is 16.5. The van der Waals surface area contributed by atoms with Crippen LogP contribution in [0.15, 0.2) is 41.5 Å². The fourth-order valence-corrected chi connectivity index (χ4v) is 3.42. The number of carbonyl (C=O) groups excluding carboxylic acids is 1. The van der Waals surface area contributed by atoms with E-state index in [2.05, 4.69) is 10.2 Å². The Kier molecular flexibility index (Phi) is 7.13. The van der Waals surface area contributed by atoms with Gasteiger partial charge < -0.3 is 29.0 Å². The van der Waals surface area contributed by atoms with Crippen LogP contribution >= 0.6 is 0 Å². The number of nitrogens with one attached hydrogen (secondary N) is 1. The minimum atomic E-state index is 0.495. The molecule has 3 rings (SSSR count). The lowest BCUT2D eigenvalue weighted by Crippen LogP contribution is -2.44. The number of hydrogen-bond acceptors (Lipinski definition) is 7. The standard InChI is InChI=1S/C22H28N4O4/c1-25-15-17(26-10-8-23-9-11-26)14-21(30-4)22(25)24-18(7-12-27)16-5-6-19(28-2)20(13-16)29-3/h5-7,12-15,23H,8-11H2,1-4H3/b18-7-,24-22-. The molecule has 30 heavy (non-hydrogen) atoms. The molecule has 2 heterocycles. The van der Waals surface area contributed by atoms with Crippen molar-refractivity contribution < 1.29 is 19.0 Å². The predicted molar refractivity (Wildman–Crippen MR) is 116 cm³/mol. The summed E-state index contributed by atoms with van der Waals surface area (Å²) in [4.78, 5) is 18.4. The molecular weight excluding hydrogens is 384 g/mol. The lowest BCUT2D eigenvalue weighted by Gasteiger charge is -2.30. The first-order chi connectivity index (χ1) is 14.6. The monoisotopic (exact) mass is 412 g/mol.